The summed E-state index contributed by atoms with van der Waals surface area (Å²) in [4.78, 5) is 65.4. The Morgan fingerprint density at radius 1 is 0.930 bits per heavy atom. The van der Waals surface area contributed by atoms with Crippen molar-refractivity contribution in [1.29, 1.82) is 0 Å². The van der Waals surface area contributed by atoms with Gasteiger partial charge in [-0.3, -0.25) is 24.0 Å². The number of aliphatic hydroxyl groups is 1. The number of esters is 3. The highest BCUT2D eigenvalue weighted by Crippen LogP contribution is 2.47. The van der Waals surface area contributed by atoms with Gasteiger partial charge in [0.25, 0.3) is 0 Å². The molecule has 4 atom stereocenters. The molecule has 0 fully saturated rings. The summed E-state index contributed by atoms with van der Waals surface area (Å²) in [6, 6.07) is 4.05. The Hall–Kier alpha value is -4.10. The van der Waals surface area contributed by atoms with Gasteiger partial charge in [0.1, 0.15) is 16.7 Å². The maximum Gasteiger partial charge on any atom is 0.303 e. The smallest absolute Gasteiger partial charge is 0.303 e. The molecule has 3 N–H and O–H groups in total. The van der Waals surface area contributed by atoms with E-state index >= 15 is 0 Å². The summed E-state index contributed by atoms with van der Waals surface area (Å²) in [6.07, 6.45) is -4.88. The minimum Gasteiger partial charge on any atom is -0.507 e. The Morgan fingerprint density at radius 3 is 2.05 bits per heavy atom. The van der Waals surface area contributed by atoms with Crippen LogP contribution in [0.5, 0.6) is 5.75 Å². The molecule has 4 rings (SSSR count). The number of phenols is 1. The van der Waals surface area contributed by atoms with E-state index in [2.05, 4.69) is 10.2 Å². The van der Waals surface area contributed by atoms with Gasteiger partial charge >= 0.3 is 17.9 Å². The first kappa shape index (κ1) is 31.8. The molecule has 1 aromatic rings. The average Bonchev–Trinajstić information content (AvgIpc) is 3.20. The molecule has 1 aromatic carbocycles. The molecular formula is C30H36N2O10Si. The molecule has 0 heterocycles. The van der Waals surface area contributed by atoms with Crippen LogP contribution in [-0.4, -0.2) is 48.1 Å². The molecule has 230 valence electrons. The predicted molar refractivity (Wildman–Crippen MR) is 157 cm³/mol. The van der Waals surface area contributed by atoms with Crippen LogP contribution in [0.2, 0.25) is 18.1 Å². The third kappa shape index (κ3) is 5.20. The summed E-state index contributed by atoms with van der Waals surface area (Å²) in [7, 11) is -2.43. The van der Waals surface area contributed by atoms with Crippen molar-refractivity contribution in [3.05, 3.63) is 65.6 Å². The first-order chi connectivity index (χ1) is 19.7. The van der Waals surface area contributed by atoms with E-state index in [-0.39, 0.29) is 42.7 Å². The zero-order valence-electron chi connectivity index (χ0n) is 25.6. The lowest BCUT2D eigenvalue weighted by Gasteiger charge is -2.45. The third-order valence-corrected chi connectivity index (χ3v) is 12.8. The van der Waals surface area contributed by atoms with Crippen LogP contribution in [-0.2, 0) is 28.6 Å². The molecule has 0 bridgehead atoms. The molecule has 0 amide bonds. The fourth-order valence-corrected chi connectivity index (χ4v) is 6.00. The second-order valence-corrected chi connectivity index (χ2v) is 17.6. The van der Waals surface area contributed by atoms with Crippen LogP contribution in [0.25, 0.3) is 10.8 Å². The van der Waals surface area contributed by atoms with Crippen molar-refractivity contribution in [2.24, 2.45) is 5.10 Å². The van der Waals surface area contributed by atoms with E-state index in [1.165, 1.54) is 25.1 Å². The molecule has 43 heavy (non-hydrogen) atoms. The van der Waals surface area contributed by atoms with E-state index in [4.69, 9.17) is 14.2 Å². The number of nitrogens with zero attached hydrogens (tertiary/aromatic N) is 1. The summed E-state index contributed by atoms with van der Waals surface area (Å²) >= 11 is 0. The molecule has 0 aliphatic heterocycles. The van der Waals surface area contributed by atoms with Crippen LogP contribution in [0.4, 0.5) is 0 Å². The van der Waals surface area contributed by atoms with E-state index in [0.29, 0.717) is 0 Å². The monoisotopic (exact) mass is 612 g/mol. The predicted octanol–water partition coefficient (Wildman–Crippen LogP) is 2.18. The van der Waals surface area contributed by atoms with Gasteiger partial charge in [0.05, 0.1) is 10.6 Å². The summed E-state index contributed by atoms with van der Waals surface area (Å²) in [5, 5.41) is 29.2. The van der Waals surface area contributed by atoms with Crippen molar-refractivity contribution in [2.45, 2.75) is 90.5 Å². The van der Waals surface area contributed by atoms with Crippen molar-refractivity contribution in [3.8, 4) is 5.75 Å². The van der Waals surface area contributed by atoms with Gasteiger partial charge in [-0.2, -0.15) is 5.10 Å². The van der Waals surface area contributed by atoms with Gasteiger partial charge in [-0.25, -0.2) is 0 Å². The van der Waals surface area contributed by atoms with Gasteiger partial charge in [0.2, 0.25) is 5.43 Å². The lowest BCUT2D eigenvalue weighted by molar-refractivity contribution is -0.221. The molecule has 0 spiro atoms. The van der Waals surface area contributed by atoms with Gasteiger partial charge in [-0.1, -0.05) is 32.9 Å². The second kappa shape index (κ2) is 10.6. The normalized spacial score (nSPS) is 22.7. The number of hydrogen-bond acceptors (Lipinski definition) is 12. The Morgan fingerprint density at radius 2 is 1.51 bits per heavy atom. The largest absolute Gasteiger partial charge is 0.507 e. The van der Waals surface area contributed by atoms with Gasteiger partial charge < -0.3 is 29.5 Å². The zero-order chi connectivity index (χ0) is 32.4. The molecular weight excluding hydrogens is 576 g/mol. The number of fused-ring (bicyclic) bond motifs is 3. The van der Waals surface area contributed by atoms with Crippen molar-refractivity contribution in [2.75, 3.05) is 0 Å². The molecule has 12 nitrogen and oxygen atoms in total. The van der Waals surface area contributed by atoms with E-state index in [0.717, 1.165) is 20.8 Å². The molecule has 0 unspecified atom stereocenters. The number of nitrogens with one attached hydrogen (secondary N) is 1. The quantitative estimate of drug-likeness (QED) is 0.166. The molecule has 3 aliphatic carbocycles. The highest BCUT2D eigenvalue weighted by atomic mass is 28.3. The number of benzene rings is 1. The van der Waals surface area contributed by atoms with E-state index in [1.54, 1.807) is 0 Å². The summed E-state index contributed by atoms with van der Waals surface area (Å²) in [6.45, 7) is 14.6. The fourth-order valence-electron chi connectivity index (χ4n) is 5.28. The standard InChI is InChI=1S/C30H36N2O10Si/c1-13(33)40-26-20-19-21(25(38)18-16(24(19)37)11-10-12-17(18)36)23(31-32-43(8,9)29(4,5)6)22(20)27(41-14(2)34)30(7,39)28(26)42-15(3)35/h10-12,26-28,32,36,39H,1-9H3/b31-23+/t26-,27+,28+,30+/m0/s1. The van der Waals surface area contributed by atoms with Gasteiger partial charge in [0.15, 0.2) is 32.0 Å². The number of hydrogen-bond donors (Lipinski definition) is 3. The van der Waals surface area contributed by atoms with Crippen molar-refractivity contribution in [1.82, 2.24) is 5.09 Å². The highest BCUT2D eigenvalue weighted by Gasteiger charge is 2.57. The Kier molecular flexibility index (Phi) is 7.82. The lowest BCUT2D eigenvalue weighted by Crippen LogP contribution is -2.56. The molecule has 0 saturated heterocycles. The van der Waals surface area contributed by atoms with Crippen molar-refractivity contribution in [3.63, 3.8) is 0 Å². The molecule has 0 saturated carbocycles. The lowest BCUT2D eigenvalue weighted by atomic mass is 9.75. The third-order valence-electron chi connectivity index (χ3n) is 8.39. The van der Waals surface area contributed by atoms with Gasteiger partial charge in [-0.15, -0.1) is 0 Å². The maximum atomic E-state index is 14.2. The summed E-state index contributed by atoms with van der Waals surface area (Å²) in [5.74, 6) is -2.95. The van der Waals surface area contributed by atoms with E-state index in [9.17, 15) is 34.2 Å². The molecule has 3 aliphatic rings. The van der Waals surface area contributed by atoms with Gasteiger partial charge in [0, 0.05) is 42.5 Å². The van der Waals surface area contributed by atoms with Crippen molar-refractivity contribution >= 4 is 36.9 Å². The summed E-state index contributed by atoms with van der Waals surface area (Å²) in [5.41, 5.74) is -3.83. The Balaban J connectivity index is 2.36. The highest BCUT2D eigenvalue weighted by molar-refractivity contribution is 6.77. The molecule has 0 aromatic heterocycles. The molecule has 13 heteroatoms. The van der Waals surface area contributed by atoms with Crippen LogP contribution in [0, 0.1) is 10.4 Å². The molecule has 0 radical (unpaired) electrons. The van der Waals surface area contributed by atoms with Gasteiger partial charge in [-0.05, 0) is 31.1 Å². The minimum absolute atomic E-state index is 0.0555. The average molecular weight is 613 g/mol. The van der Waals surface area contributed by atoms with Crippen molar-refractivity contribution < 1.29 is 38.8 Å². The fraction of sp³-hybridized carbons (Fsp3) is 0.467. The van der Waals surface area contributed by atoms with Crippen LogP contribution in [0.3, 0.4) is 0 Å². The SMILES string of the molecule is CC(=O)O[C@@H]1c2c(c3c(=O)c4cccc(O)c4c(=O)c=3/c2=N\N[Si](C)(C)C(C)(C)C)[C@H](OC(C)=O)[C@@H](OC(C)=O)[C@]1(C)O. The second-order valence-electron chi connectivity index (χ2n) is 12.7. The number of rotatable bonds is 5. The number of carbonyl (C=O) groups excluding carboxylic acids is 3. The van der Waals surface area contributed by atoms with E-state index in [1.807, 2.05) is 33.9 Å². The zero-order valence-corrected chi connectivity index (χ0v) is 26.6. The first-order valence-electron chi connectivity index (χ1n) is 13.7. The van der Waals surface area contributed by atoms with Crippen LogP contribution in [0.1, 0.15) is 71.8 Å². The first-order valence-corrected chi connectivity index (χ1v) is 16.7. The number of carbonyl (C=O) groups is 3. The number of aromatic hydroxyl groups is 1. The topological polar surface area (TPSA) is 178 Å². The summed E-state index contributed by atoms with van der Waals surface area (Å²) < 4.78 is 16.7. The Bertz CT molecular complexity index is 1880. The van der Waals surface area contributed by atoms with Crippen LogP contribution < -0.4 is 21.3 Å². The number of phenolic OH excluding ortho intramolecular Hbond substituents is 1. The van der Waals surface area contributed by atoms with Crippen LogP contribution >= 0.6 is 0 Å². The van der Waals surface area contributed by atoms with E-state index < -0.39 is 66.7 Å². The Labute approximate surface area is 247 Å². The minimum atomic E-state index is -2.43. The van der Waals surface area contributed by atoms with Crippen LogP contribution in [0.15, 0.2) is 32.9 Å². The number of ether oxygens (including phenoxy) is 3. The maximum absolute atomic E-state index is 14.2.